The molecule has 3 heteroatoms. The minimum atomic E-state index is -0.637. The second kappa shape index (κ2) is 6.49. The Kier molecular flexibility index (Phi) is 4.70. The van der Waals surface area contributed by atoms with E-state index >= 15 is 0 Å². The first-order valence-electron chi connectivity index (χ1n) is 6.81. The molecule has 0 aliphatic carbocycles. The zero-order chi connectivity index (χ0) is 13.7. The molecule has 1 aliphatic heterocycles. The van der Waals surface area contributed by atoms with Gasteiger partial charge in [-0.2, -0.15) is 5.26 Å². The summed E-state index contributed by atoms with van der Waals surface area (Å²) in [5.74, 6) is -0.635. The lowest BCUT2D eigenvalue weighted by atomic mass is 9.92. The molecule has 2 unspecified atom stereocenters. The predicted octanol–water partition coefficient (Wildman–Crippen LogP) is 3.13. The Morgan fingerprint density at radius 3 is 2.79 bits per heavy atom. The summed E-state index contributed by atoms with van der Waals surface area (Å²) in [5, 5.41) is 9.21. The number of carbonyl (C=O) groups is 1. The average Bonchev–Trinajstić information content (AvgIpc) is 2.92. The maximum absolute atomic E-state index is 12.1. The summed E-state index contributed by atoms with van der Waals surface area (Å²) in [6, 6.07) is 9.73. The number of Topliss-reactive ketones (excluding diaryl/α,β-unsaturated/α-hetero) is 1. The molecule has 0 saturated carbocycles. The molecule has 1 fully saturated rings. The highest BCUT2D eigenvalue weighted by Crippen LogP contribution is 2.22. The Morgan fingerprint density at radius 1 is 1.47 bits per heavy atom. The van der Waals surface area contributed by atoms with Crippen molar-refractivity contribution in [2.75, 3.05) is 6.61 Å². The highest BCUT2D eigenvalue weighted by atomic mass is 16.5. The van der Waals surface area contributed by atoms with E-state index in [0.29, 0.717) is 6.42 Å². The molecule has 0 N–H and O–H groups in total. The van der Waals surface area contributed by atoms with Crippen molar-refractivity contribution in [1.29, 1.82) is 5.26 Å². The number of hydrogen-bond donors (Lipinski definition) is 0. The largest absolute Gasteiger partial charge is 0.378 e. The van der Waals surface area contributed by atoms with E-state index in [4.69, 9.17) is 4.74 Å². The van der Waals surface area contributed by atoms with Gasteiger partial charge in [0.05, 0.1) is 12.2 Å². The van der Waals surface area contributed by atoms with Crippen LogP contribution in [0.5, 0.6) is 0 Å². The van der Waals surface area contributed by atoms with Gasteiger partial charge in [-0.1, -0.05) is 29.8 Å². The van der Waals surface area contributed by atoms with Crippen LogP contribution in [-0.4, -0.2) is 18.5 Å². The zero-order valence-electron chi connectivity index (χ0n) is 11.3. The van der Waals surface area contributed by atoms with E-state index < -0.39 is 5.92 Å². The van der Waals surface area contributed by atoms with Crippen molar-refractivity contribution >= 4 is 5.78 Å². The molecule has 1 aliphatic rings. The van der Waals surface area contributed by atoms with E-state index in [2.05, 4.69) is 6.07 Å². The van der Waals surface area contributed by atoms with Crippen molar-refractivity contribution < 1.29 is 9.53 Å². The first-order chi connectivity index (χ1) is 9.20. The van der Waals surface area contributed by atoms with Crippen molar-refractivity contribution in [2.24, 2.45) is 0 Å². The van der Waals surface area contributed by atoms with E-state index in [1.165, 1.54) is 0 Å². The van der Waals surface area contributed by atoms with Crippen molar-refractivity contribution in [3.05, 3.63) is 35.4 Å². The minimum Gasteiger partial charge on any atom is -0.378 e. The molecule has 0 spiro atoms. The molecule has 0 amide bonds. The van der Waals surface area contributed by atoms with Crippen molar-refractivity contribution in [2.45, 2.75) is 44.6 Å². The maximum Gasteiger partial charge on any atom is 0.154 e. The van der Waals surface area contributed by atoms with Crippen molar-refractivity contribution in [3.8, 4) is 6.07 Å². The number of carbonyl (C=O) groups excluding carboxylic acids is 1. The van der Waals surface area contributed by atoms with Gasteiger partial charge in [-0.15, -0.1) is 0 Å². The number of aryl methyl sites for hydroxylation is 1. The monoisotopic (exact) mass is 257 g/mol. The number of benzene rings is 1. The Labute approximate surface area is 114 Å². The van der Waals surface area contributed by atoms with Crippen LogP contribution in [0.15, 0.2) is 24.3 Å². The molecular formula is C16H19NO2. The lowest BCUT2D eigenvalue weighted by Gasteiger charge is -2.11. The van der Waals surface area contributed by atoms with Crippen LogP contribution in [0.4, 0.5) is 0 Å². The molecule has 1 saturated heterocycles. The number of rotatable bonds is 5. The number of nitrogens with zero attached hydrogens (tertiary/aromatic N) is 1. The van der Waals surface area contributed by atoms with Gasteiger partial charge in [0.15, 0.2) is 5.78 Å². The van der Waals surface area contributed by atoms with Crippen molar-refractivity contribution in [3.63, 3.8) is 0 Å². The Bertz CT molecular complexity index is 467. The minimum absolute atomic E-state index is 0.00172. The fraction of sp³-hybridized carbons (Fsp3) is 0.500. The average molecular weight is 257 g/mol. The summed E-state index contributed by atoms with van der Waals surface area (Å²) in [6.45, 7) is 2.79. The van der Waals surface area contributed by atoms with Crippen molar-refractivity contribution in [1.82, 2.24) is 0 Å². The standard InChI is InChI=1S/C16H19NO2/c1-12-4-6-13(7-5-12)15(11-17)16(18)9-8-14-3-2-10-19-14/h4-7,14-15H,2-3,8-10H2,1H3. The molecule has 100 valence electrons. The summed E-state index contributed by atoms with van der Waals surface area (Å²) in [5.41, 5.74) is 1.93. The second-order valence-corrected chi connectivity index (χ2v) is 5.11. The topological polar surface area (TPSA) is 50.1 Å². The summed E-state index contributed by atoms with van der Waals surface area (Å²) in [7, 11) is 0. The van der Waals surface area contributed by atoms with Crippen LogP contribution in [-0.2, 0) is 9.53 Å². The third-order valence-electron chi connectivity index (χ3n) is 3.60. The van der Waals surface area contributed by atoms with Gasteiger partial charge >= 0.3 is 0 Å². The Hall–Kier alpha value is -1.66. The first kappa shape index (κ1) is 13.8. The van der Waals surface area contributed by atoms with E-state index in [0.717, 1.165) is 37.0 Å². The van der Waals surface area contributed by atoms with E-state index in [1.54, 1.807) is 0 Å². The van der Waals surface area contributed by atoms with E-state index in [-0.39, 0.29) is 11.9 Å². The van der Waals surface area contributed by atoms with Gasteiger partial charge in [0.1, 0.15) is 5.92 Å². The van der Waals surface area contributed by atoms with Crippen LogP contribution in [0.3, 0.4) is 0 Å². The molecule has 3 nitrogen and oxygen atoms in total. The van der Waals surface area contributed by atoms with Crippen LogP contribution in [0.1, 0.15) is 42.7 Å². The first-order valence-corrected chi connectivity index (χ1v) is 6.81. The van der Waals surface area contributed by atoms with Crippen LogP contribution >= 0.6 is 0 Å². The maximum atomic E-state index is 12.1. The normalized spacial score (nSPS) is 19.9. The fourth-order valence-corrected chi connectivity index (χ4v) is 2.41. The lowest BCUT2D eigenvalue weighted by molar-refractivity contribution is -0.120. The highest BCUT2D eigenvalue weighted by molar-refractivity contribution is 5.88. The third kappa shape index (κ3) is 3.65. The smallest absolute Gasteiger partial charge is 0.154 e. The quantitative estimate of drug-likeness (QED) is 0.814. The summed E-state index contributed by atoms with van der Waals surface area (Å²) < 4.78 is 5.50. The molecule has 2 rings (SSSR count). The van der Waals surface area contributed by atoms with Crippen LogP contribution in [0.25, 0.3) is 0 Å². The number of ether oxygens (including phenoxy) is 1. The molecular weight excluding hydrogens is 238 g/mol. The third-order valence-corrected chi connectivity index (χ3v) is 3.60. The molecule has 1 aromatic carbocycles. The van der Waals surface area contributed by atoms with Gasteiger partial charge in [0.2, 0.25) is 0 Å². The number of nitriles is 1. The van der Waals surface area contributed by atoms with Gasteiger partial charge in [-0.05, 0) is 31.7 Å². The lowest BCUT2D eigenvalue weighted by Crippen LogP contribution is -2.14. The summed E-state index contributed by atoms with van der Waals surface area (Å²) >= 11 is 0. The Balaban J connectivity index is 1.95. The van der Waals surface area contributed by atoms with Gasteiger partial charge in [0, 0.05) is 13.0 Å². The fourth-order valence-electron chi connectivity index (χ4n) is 2.41. The number of ketones is 1. The molecule has 0 aromatic heterocycles. The van der Waals surface area contributed by atoms with E-state index in [1.807, 2.05) is 31.2 Å². The van der Waals surface area contributed by atoms with Crippen LogP contribution in [0, 0.1) is 18.3 Å². The summed E-state index contributed by atoms with van der Waals surface area (Å²) in [4.78, 5) is 12.1. The number of hydrogen-bond acceptors (Lipinski definition) is 3. The van der Waals surface area contributed by atoms with Crippen LogP contribution in [0.2, 0.25) is 0 Å². The van der Waals surface area contributed by atoms with Gasteiger partial charge in [0.25, 0.3) is 0 Å². The molecule has 2 atom stereocenters. The zero-order valence-corrected chi connectivity index (χ0v) is 11.3. The van der Waals surface area contributed by atoms with Gasteiger partial charge in [-0.25, -0.2) is 0 Å². The van der Waals surface area contributed by atoms with Crippen LogP contribution < -0.4 is 0 Å². The van der Waals surface area contributed by atoms with Gasteiger partial charge < -0.3 is 4.74 Å². The highest BCUT2D eigenvalue weighted by Gasteiger charge is 2.22. The molecule has 0 bridgehead atoms. The van der Waals surface area contributed by atoms with Gasteiger partial charge in [-0.3, -0.25) is 4.79 Å². The molecule has 1 heterocycles. The SMILES string of the molecule is Cc1ccc(C(C#N)C(=O)CCC2CCCO2)cc1. The second-order valence-electron chi connectivity index (χ2n) is 5.11. The molecule has 1 aromatic rings. The molecule has 0 radical (unpaired) electrons. The Morgan fingerprint density at radius 2 is 2.21 bits per heavy atom. The van der Waals surface area contributed by atoms with E-state index in [9.17, 15) is 10.1 Å². The predicted molar refractivity (Wildman–Crippen MR) is 72.7 cm³/mol. The molecule has 19 heavy (non-hydrogen) atoms. The summed E-state index contributed by atoms with van der Waals surface area (Å²) in [6.07, 6.45) is 3.49.